The Morgan fingerprint density at radius 1 is 1.25 bits per heavy atom. The van der Waals surface area contributed by atoms with Gasteiger partial charge in [0, 0.05) is 30.4 Å². The maximum Gasteiger partial charge on any atom is 0.137 e. The van der Waals surface area contributed by atoms with E-state index in [1.54, 1.807) is 6.20 Å². The van der Waals surface area contributed by atoms with Gasteiger partial charge in [-0.3, -0.25) is 0 Å². The summed E-state index contributed by atoms with van der Waals surface area (Å²) in [7, 11) is 0. The third-order valence-electron chi connectivity index (χ3n) is 3.51. The van der Waals surface area contributed by atoms with Crippen LogP contribution in [0.1, 0.15) is 24.1 Å². The Balaban J connectivity index is 1.71. The number of halogens is 1. The highest BCUT2D eigenvalue weighted by molar-refractivity contribution is 5.79. The molecule has 2 heterocycles. The Labute approximate surface area is 116 Å². The lowest BCUT2D eigenvalue weighted by molar-refractivity contribution is 0.572. The van der Waals surface area contributed by atoms with Gasteiger partial charge < -0.3 is 10.3 Å². The van der Waals surface area contributed by atoms with Crippen LogP contribution in [0.3, 0.4) is 0 Å². The summed E-state index contributed by atoms with van der Waals surface area (Å²) in [4.78, 5) is 7.43. The predicted molar refractivity (Wildman–Crippen MR) is 77.7 cm³/mol. The molecule has 0 aliphatic rings. The van der Waals surface area contributed by atoms with Crippen LogP contribution >= 0.6 is 0 Å². The van der Waals surface area contributed by atoms with Crippen LogP contribution in [0.2, 0.25) is 0 Å². The van der Waals surface area contributed by atoms with Crippen LogP contribution in [0, 0.1) is 5.82 Å². The molecule has 2 aromatic heterocycles. The first-order valence-electron chi connectivity index (χ1n) is 6.64. The van der Waals surface area contributed by atoms with Crippen LogP contribution in [-0.2, 0) is 6.54 Å². The second kappa shape index (κ2) is 5.43. The number of hydrogen-bond donors (Lipinski definition) is 2. The number of hydrogen-bond acceptors (Lipinski definition) is 2. The Bertz CT molecular complexity index is 703. The van der Waals surface area contributed by atoms with E-state index >= 15 is 0 Å². The zero-order valence-electron chi connectivity index (χ0n) is 11.2. The van der Waals surface area contributed by atoms with Crippen LogP contribution in [-0.4, -0.2) is 9.97 Å². The molecule has 1 atom stereocenters. The third-order valence-corrected chi connectivity index (χ3v) is 3.51. The van der Waals surface area contributed by atoms with Crippen molar-refractivity contribution in [2.45, 2.75) is 19.5 Å². The number of pyridine rings is 1. The fourth-order valence-electron chi connectivity index (χ4n) is 2.29. The standard InChI is InChI=1S/C16H16FN3/c1-11(12-4-6-14(17)7-5-12)19-9-13-10-20-16-15(13)3-2-8-18-16/h2-8,10-11,19H,9H2,1H3,(H,18,20)/t11-/m1/s1. The summed E-state index contributed by atoms with van der Waals surface area (Å²) >= 11 is 0. The number of H-pyrrole nitrogens is 1. The van der Waals surface area contributed by atoms with Crippen LogP contribution < -0.4 is 5.32 Å². The Morgan fingerprint density at radius 2 is 2.05 bits per heavy atom. The molecule has 0 saturated carbocycles. The van der Waals surface area contributed by atoms with Gasteiger partial charge in [0.1, 0.15) is 11.5 Å². The monoisotopic (exact) mass is 269 g/mol. The highest BCUT2D eigenvalue weighted by Gasteiger charge is 2.08. The molecule has 0 saturated heterocycles. The third kappa shape index (κ3) is 2.56. The van der Waals surface area contributed by atoms with E-state index < -0.39 is 0 Å². The molecule has 0 aliphatic heterocycles. The van der Waals surface area contributed by atoms with E-state index in [9.17, 15) is 4.39 Å². The minimum absolute atomic E-state index is 0.164. The second-order valence-electron chi connectivity index (χ2n) is 4.87. The van der Waals surface area contributed by atoms with E-state index in [-0.39, 0.29) is 11.9 Å². The average molecular weight is 269 g/mol. The van der Waals surface area contributed by atoms with E-state index in [0.717, 1.165) is 23.1 Å². The molecule has 0 fully saturated rings. The second-order valence-corrected chi connectivity index (χ2v) is 4.87. The summed E-state index contributed by atoms with van der Waals surface area (Å²) in [6, 6.07) is 10.7. The summed E-state index contributed by atoms with van der Waals surface area (Å²) in [6.45, 7) is 2.81. The molecule has 3 aromatic rings. The van der Waals surface area contributed by atoms with E-state index in [4.69, 9.17) is 0 Å². The van der Waals surface area contributed by atoms with Crippen molar-refractivity contribution in [1.29, 1.82) is 0 Å². The summed E-state index contributed by atoms with van der Waals surface area (Å²) in [6.07, 6.45) is 3.75. The zero-order valence-corrected chi connectivity index (χ0v) is 11.2. The first-order valence-corrected chi connectivity index (χ1v) is 6.64. The van der Waals surface area contributed by atoms with Gasteiger partial charge in [0.05, 0.1) is 0 Å². The quantitative estimate of drug-likeness (QED) is 0.760. The van der Waals surface area contributed by atoms with Gasteiger partial charge in [-0.2, -0.15) is 0 Å². The molecule has 0 radical (unpaired) electrons. The summed E-state index contributed by atoms with van der Waals surface area (Å²) in [5.41, 5.74) is 3.16. The molecule has 0 bridgehead atoms. The molecule has 2 N–H and O–H groups in total. The van der Waals surface area contributed by atoms with Crippen molar-refractivity contribution in [3.63, 3.8) is 0 Å². The summed E-state index contributed by atoms with van der Waals surface area (Å²) in [5.74, 6) is -0.205. The van der Waals surface area contributed by atoms with Crippen molar-refractivity contribution < 1.29 is 4.39 Å². The molecule has 3 rings (SSSR count). The van der Waals surface area contributed by atoms with Gasteiger partial charge in [-0.1, -0.05) is 12.1 Å². The lowest BCUT2D eigenvalue weighted by Crippen LogP contribution is -2.17. The fourth-order valence-corrected chi connectivity index (χ4v) is 2.29. The van der Waals surface area contributed by atoms with E-state index in [1.807, 2.05) is 24.4 Å². The maximum atomic E-state index is 12.9. The average Bonchev–Trinajstić information content (AvgIpc) is 2.89. The Morgan fingerprint density at radius 3 is 2.85 bits per heavy atom. The topological polar surface area (TPSA) is 40.7 Å². The molecular formula is C16H16FN3. The van der Waals surface area contributed by atoms with Crippen LogP contribution in [0.15, 0.2) is 48.8 Å². The van der Waals surface area contributed by atoms with Crippen LogP contribution in [0.5, 0.6) is 0 Å². The molecule has 3 nitrogen and oxygen atoms in total. The van der Waals surface area contributed by atoms with Crippen molar-refractivity contribution >= 4 is 11.0 Å². The van der Waals surface area contributed by atoms with E-state index in [1.165, 1.54) is 17.7 Å². The van der Waals surface area contributed by atoms with Crippen molar-refractivity contribution in [1.82, 2.24) is 15.3 Å². The normalized spacial score (nSPS) is 12.7. The molecule has 0 spiro atoms. The SMILES string of the molecule is C[C@@H](NCc1c[nH]c2ncccc12)c1ccc(F)cc1. The van der Waals surface area contributed by atoms with Gasteiger partial charge in [0.15, 0.2) is 0 Å². The lowest BCUT2D eigenvalue weighted by atomic mass is 10.1. The highest BCUT2D eigenvalue weighted by Crippen LogP contribution is 2.18. The van der Waals surface area contributed by atoms with Crippen molar-refractivity contribution in [3.8, 4) is 0 Å². The predicted octanol–water partition coefficient (Wildman–Crippen LogP) is 3.55. The molecule has 102 valence electrons. The number of nitrogens with one attached hydrogen (secondary N) is 2. The van der Waals surface area contributed by atoms with Gasteiger partial charge in [0.2, 0.25) is 0 Å². The first kappa shape index (κ1) is 12.8. The number of benzene rings is 1. The lowest BCUT2D eigenvalue weighted by Gasteiger charge is -2.13. The molecule has 4 heteroatoms. The van der Waals surface area contributed by atoms with E-state index in [2.05, 4.69) is 28.3 Å². The van der Waals surface area contributed by atoms with Crippen molar-refractivity contribution in [2.24, 2.45) is 0 Å². The van der Waals surface area contributed by atoms with Crippen molar-refractivity contribution in [2.75, 3.05) is 0 Å². The van der Waals surface area contributed by atoms with Gasteiger partial charge in [-0.05, 0) is 42.3 Å². The Hall–Kier alpha value is -2.20. The smallest absolute Gasteiger partial charge is 0.137 e. The number of fused-ring (bicyclic) bond motifs is 1. The van der Waals surface area contributed by atoms with E-state index in [0.29, 0.717) is 0 Å². The van der Waals surface area contributed by atoms with Gasteiger partial charge in [-0.25, -0.2) is 9.37 Å². The summed E-state index contributed by atoms with van der Waals surface area (Å²) < 4.78 is 12.9. The zero-order chi connectivity index (χ0) is 13.9. The Kier molecular flexibility index (Phi) is 3.48. The minimum Gasteiger partial charge on any atom is -0.346 e. The molecule has 1 aromatic carbocycles. The number of aromatic amines is 1. The minimum atomic E-state index is -0.205. The fraction of sp³-hybridized carbons (Fsp3) is 0.188. The molecule has 20 heavy (non-hydrogen) atoms. The largest absolute Gasteiger partial charge is 0.346 e. The summed E-state index contributed by atoms with van der Waals surface area (Å²) in [5, 5.41) is 4.57. The highest BCUT2D eigenvalue weighted by atomic mass is 19.1. The number of aromatic nitrogens is 2. The van der Waals surface area contributed by atoms with Gasteiger partial charge in [-0.15, -0.1) is 0 Å². The van der Waals surface area contributed by atoms with Crippen molar-refractivity contribution in [3.05, 3.63) is 65.7 Å². The molecule has 0 unspecified atom stereocenters. The molecule has 0 aliphatic carbocycles. The number of rotatable bonds is 4. The number of nitrogens with zero attached hydrogens (tertiary/aromatic N) is 1. The molecule has 0 amide bonds. The van der Waals surface area contributed by atoms with Crippen LogP contribution in [0.4, 0.5) is 4.39 Å². The molecular weight excluding hydrogens is 253 g/mol. The van der Waals surface area contributed by atoms with Gasteiger partial charge >= 0.3 is 0 Å². The maximum absolute atomic E-state index is 12.9. The van der Waals surface area contributed by atoms with Crippen LogP contribution in [0.25, 0.3) is 11.0 Å². The first-order chi connectivity index (χ1) is 9.74. The van der Waals surface area contributed by atoms with Gasteiger partial charge in [0.25, 0.3) is 0 Å².